The quantitative estimate of drug-likeness (QED) is 0.744. The molecule has 1 saturated heterocycles. The minimum atomic E-state index is -0.0762. The van der Waals surface area contributed by atoms with Crippen molar-refractivity contribution in [2.45, 2.75) is 6.92 Å². The van der Waals surface area contributed by atoms with E-state index in [4.69, 9.17) is 9.47 Å². The molecule has 1 aromatic carbocycles. The highest BCUT2D eigenvalue weighted by atomic mass is 32.2. The number of aliphatic imine (C=N–C) groups is 1. The summed E-state index contributed by atoms with van der Waals surface area (Å²) < 4.78 is 10.6. The van der Waals surface area contributed by atoms with Crippen molar-refractivity contribution in [3.63, 3.8) is 0 Å². The maximum Gasteiger partial charge on any atom is 0.266 e. The van der Waals surface area contributed by atoms with Gasteiger partial charge in [0.25, 0.3) is 5.91 Å². The second-order valence-electron chi connectivity index (χ2n) is 4.98. The molecule has 1 fully saturated rings. The predicted molar refractivity (Wildman–Crippen MR) is 102 cm³/mol. The van der Waals surface area contributed by atoms with E-state index >= 15 is 0 Å². The van der Waals surface area contributed by atoms with Gasteiger partial charge in [0, 0.05) is 23.7 Å². The molecule has 2 heterocycles. The van der Waals surface area contributed by atoms with Gasteiger partial charge in [-0.3, -0.25) is 9.69 Å². The Hall–Kier alpha value is -2.32. The van der Waals surface area contributed by atoms with E-state index in [0.717, 1.165) is 5.56 Å². The molecule has 1 aromatic heterocycles. The average molecular weight is 375 g/mol. The van der Waals surface area contributed by atoms with Gasteiger partial charge in [0.2, 0.25) is 5.13 Å². The molecule has 0 N–H and O–H groups in total. The Balaban J connectivity index is 1.98. The van der Waals surface area contributed by atoms with Crippen LogP contribution in [0.15, 0.2) is 39.7 Å². The second-order valence-corrected chi connectivity index (χ2v) is 6.86. The molecule has 0 saturated carbocycles. The average Bonchev–Trinajstić information content (AvgIpc) is 3.23. The second kappa shape index (κ2) is 7.71. The van der Waals surface area contributed by atoms with Gasteiger partial charge in [-0.15, -0.1) is 11.3 Å². The number of amidine groups is 1. The van der Waals surface area contributed by atoms with E-state index in [1.165, 1.54) is 23.1 Å². The zero-order chi connectivity index (χ0) is 17.8. The summed E-state index contributed by atoms with van der Waals surface area (Å²) in [6, 6.07) is 5.47. The summed E-state index contributed by atoms with van der Waals surface area (Å²) in [6.45, 7) is 2.47. The summed E-state index contributed by atoms with van der Waals surface area (Å²) in [5.74, 6) is 1.30. The first-order chi connectivity index (χ1) is 12.2. The molecule has 2 aromatic rings. The predicted octanol–water partition coefficient (Wildman–Crippen LogP) is 3.78. The number of amides is 1. The third kappa shape index (κ3) is 3.69. The molecule has 8 heteroatoms. The number of methoxy groups -OCH3 is 2. The number of hydrogen-bond acceptors (Lipinski definition) is 7. The molecule has 1 aliphatic rings. The van der Waals surface area contributed by atoms with Gasteiger partial charge in [-0.1, -0.05) is 0 Å². The molecule has 130 valence electrons. The van der Waals surface area contributed by atoms with Gasteiger partial charge in [0.15, 0.2) is 5.17 Å². The smallest absolute Gasteiger partial charge is 0.266 e. The number of rotatable bonds is 5. The van der Waals surface area contributed by atoms with Crippen LogP contribution in [0.3, 0.4) is 0 Å². The van der Waals surface area contributed by atoms with Crippen molar-refractivity contribution in [1.29, 1.82) is 0 Å². The largest absolute Gasteiger partial charge is 0.497 e. The van der Waals surface area contributed by atoms with Gasteiger partial charge in [-0.2, -0.15) is 4.99 Å². The first-order valence-corrected chi connectivity index (χ1v) is 9.27. The fourth-order valence-electron chi connectivity index (χ4n) is 2.32. The van der Waals surface area contributed by atoms with Crippen LogP contribution in [0.5, 0.6) is 11.5 Å². The van der Waals surface area contributed by atoms with Crippen LogP contribution in [0.1, 0.15) is 12.5 Å². The van der Waals surface area contributed by atoms with Gasteiger partial charge in [-0.05, 0) is 43.0 Å². The highest BCUT2D eigenvalue weighted by Gasteiger charge is 2.32. The molecule has 0 atom stereocenters. The molecule has 6 nitrogen and oxygen atoms in total. The molecule has 25 heavy (non-hydrogen) atoms. The number of benzene rings is 1. The molecule has 3 rings (SSSR count). The first-order valence-electron chi connectivity index (χ1n) is 7.58. The Morgan fingerprint density at radius 1 is 1.32 bits per heavy atom. The monoisotopic (exact) mass is 375 g/mol. The van der Waals surface area contributed by atoms with E-state index in [0.29, 0.717) is 33.2 Å². The van der Waals surface area contributed by atoms with E-state index in [2.05, 4.69) is 9.98 Å². The molecule has 0 radical (unpaired) electrons. The van der Waals surface area contributed by atoms with E-state index in [-0.39, 0.29) is 5.91 Å². The maximum absolute atomic E-state index is 12.7. The number of thioether (sulfide) groups is 1. The van der Waals surface area contributed by atoms with Crippen molar-refractivity contribution >= 4 is 45.4 Å². The zero-order valence-corrected chi connectivity index (χ0v) is 15.7. The molecule has 0 unspecified atom stereocenters. The van der Waals surface area contributed by atoms with Crippen LogP contribution in [0, 0.1) is 0 Å². The minimum absolute atomic E-state index is 0.0762. The Kier molecular flexibility index (Phi) is 5.40. The summed E-state index contributed by atoms with van der Waals surface area (Å²) in [7, 11) is 3.20. The summed E-state index contributed by atoms with van der Waals surface area (Å²) in [4.78, 5) is 23.6. The number of thiazole rings is 1. The lowest BCUT2D eigenvalue weighted by molar-refractivity contribution is -0.122. The number of ether oxygens (including phenoxy) is 2. The zero-order valence-electron chi connectivity index (χ0n) is 14.1. The Bertz CT molecular complexity index is 832. The summed E-state index contributed by atoms with van der Waals surface area (Å²) in [5, 5.41) is 3.12. The van der Waals surface area contributed by atoms with Crippen molar-refractivity contribution in [3.8, 4) is 11.5 Å². The fraction of sp³-hybridized carbons (Fsp3) is 0.235. The van der Waals surface area contributed by atoms with Gasteiger partial charge in [0.1, 0.15) is 11.5 Å². The lowest BCUT2D eigenvalue weighted by Gasteiger charge is -2.11. The number of likely N-dealkylation sites (N-methyl/N-ethyl adjacent to an activating group) is 1. The summed E-state index contributed by atoms with van der Waals surface area (Å²) in [6.07, 6.45) is 3.50. The normalized spacial score (nSPS) is 17.6. The fourth-order valence-corrected chi connectivity index (χ4v) is 3.91. The minimum Gasteiger partial charge on any atom is -0.497 e. The summed E-state index contributed by atoms with van der Waals surface area (Å²) in [5.41, 5.74) is 0.782. The van der Waals surface area contributed by atoms with Crippen molar-refractivity contribution in [2.24, 2.45) is 4.99 Å². The van der Waals surface area contributed by atoms with Gasteiger partial charge < -0.3 is 9.47 Å². The molecule has 0 aliphatic carbocycles. The van der Waals surface area contributed by atoms with Gasteiger partial charge in [-0.25, -0.2) is 4.98 Å². The van der Waals surface area contributed by atoms with Crippen molar-refractivity contribution < 1.29 is 14.3 Å². The lowest BCUT2D eigenvalue weighted by atomic mass is 10.1. The Morgan fingerprint density at radius 3 is 2.80 bits per heavy atom. The molecular formula is C17H17N3O3S2. The van der Waals surface area contributed by atoms with Crippen LogP contribution in [-0.2, 0) is 4.79 Å². The van der Waals surface area contributed by atoms with Gasteiger partial charge >= 0.3 is 0 Å². The maximum atomic E-state index is 12.7. The van der Waals surface area contributed by atoms with Crippen molar-refractivity contribution in [1.82, 2.24) is 9.88 Å². The van der Waals surface area contributed by atoms with E-state index < -0.39 is 0 Å². The Labute approximate surface area is 154 Å². The highest BCUT2D eigenvalue weighted by molar-refractivity contribution is 8.18. The van der Waals surface area contributed by atoms with Crippen LogP contribution in [-0.4, -0.2) is 41.7 Å². The van der Waals surface area contributed by atoms with E-state index in [1.807, 2.05) is 30.5 Å². The first kappa shape index (κ1) is 17.5. The Morgan fingerprint density at radius 2 is 2.16 bits per heavy atom. The van der Waals surface area contributed by atoms with Crippen molar-refractivity contribution in [2.75, 3.05) is 20.8 Å². The number of nitrogens with zero attached hydrogens (tertiary/aromatic N) is 3. The lowest BCUT2D eigenvalue weighted by Crippen LogP contribution is -2.28. The molecule has 0 spiro atoms. The topological polar surface area (TPSA) is 64.0 Å². The van der Waals surface area contributed by atoms with Crippen LogP contribution in [0.4, 0.5) is 5.13 Å². The van der Waals surface area contributed by atoms with Crippen LogP contribution < -0.4 is 9.47 Å². The van der Waals surface area contributed by atoms with Gasteiger partial charge in [0.05, 0.1) is 19.1 Å². The number of carbonyl (C=O) groups is 1. The number of carbonyl (C=O) groups excluding carboxylic acids is 1. The van der Waals surface area contributed by atoms with Crippen molar-refractivity contribution in [3.05, 3.63) is 40.2 Å². The summed E-state index contributed by atoms with van der Waals surface area (Å²) >= 11 is 2.77. The SMILES string of the molecule is CCN1C(=O)/C(=C/c2cc(OC)ccc2OC)S/C1=N/c1nccs1. The highest BCUT2D eigenvalue weighted by Crippen LogP contribution is 2.36. The third-order valence-corrected chi connectivity index (χ3v) is 5.21. The van der Waals surface area contributed by atoms with E-state index in [1.54, 1.807) is 31.4 Å². The molecule has 0 bridgehead atoms. The van der Waals surface area contributed by atoms with Crippen LogP contribution in [0.2, 0.25) is 0 Å². The van der Waals surface area contributed by atoms with Crippen LogP contribution >= 0.6 is 23.1 Å². The molecular weight excluding hydrogens is 358 g/mol. The number of hydrogen-bond donors (Lipinski definition) is 0. The third-order valence-electron chi connectivity index (χ3n) is 3.54. The van der Waals surface area contributed by atoms with Crippen LogP contribution in [0.25, 0.3) is 6.08 Å². The standard InChI is InChI=1S/C17H17N3O3S2/c1-4-20-15(21)14(25-17(20)19-16-18-7-8-24-16)10-11-9-12(22-2)5-6-13(11)23-3/h5-10H,4H2,1-3H3/b14-10-,19-17+. The number of aromatic nitrogens is 1. The van der Waals surface area contributed by atoms with E-state index in [9.17, 15) is 4.79 Å². The molecule has 1 amide bonds. The molecule has 1 aliphatic heterocycles.